The zero-order valence-corrected chi connectivity index (χ0v) is 10.7. The van der Waals surface area contributed by atoms with Gasteiger partial charge in [-0.05, 0) is 30.7 Å². The van der Waals surface area contributed by atoms with Crippen molar-refractivity contribution in [1.82, 2.24) is 5.32 Å². The summed E-state index contributed by atoms with van der Waals surface area (Å²) in [6.07, 6.45) is 1.26. The molecule has 1 aromatic carbocycles. The van der Waals surface area contributed by atoms with Crippen LogP contribution in [0.1, 0.15) is 24.9 Å². The van der Waals surface area contributed by atoms with Gasteiger partial charge in [0.2, 0.25) is 0 Å². The van der Waals surface area contributed by atoms with E-state index in [4.69, 9.17) is 4.74 Å². The van der Waals surface area contributed by atoms with Crippen molar-refractivity contribution >= 4 is 11.8 Å². The number of hydrogen-bond donors (Lipinski definition) is 1. The van der Waals surface area contributed by atoms with E-state index in [2.05, 4.69) is 36.1 Å². The molecular weight excluding hydrogens is 218 g/mol. The normalized spacial score (nSPS) is 26.1. The standard InChI is InChI=1S/C13H19NOS/c1-10-7-8-14-13(9-16-10)11-3-5-12(15-2)6-4-11/h3-6,10,13-14H,7-9H2,1-2H3. The minimum atomic E-state index is 0.487. The van der Waals surface area contributed by atoms with E-state index in [1.54, 1.807) is 7.11 Å². The number of hydrogen-bond acceptors (Lipinski definition) is 3. The first-order chi connectivity index (χ1) is 7.79. The lowest BCUT2D eigenvalue weighted by atomic mass is 10.1. The number of methoxy groups -OCH3 is 1. The van der Waals surface area contributed by atoms with Crippen molar-refractivity contribution in [3.05, 3.63) is 29.8 Å². The van der Waals surface area contributed by atoms with Gasteiger partial charge in [-0.3, -0.25) is 0 Å². The van der Waals surface area contributed by atoms with E-state index < -0.39 is 0 Å². The Kier molecular flexibility index (Phi) is 4.13. The molecule has 88 valence electrons. The summed E-state index contributed by atoms with van der Waals surface area (Å²) >= 11 is 2.06. The second kappa shape index (κ2) is 5.60. The van der Waals surface area contributed by atoms with E-state index in [-0.39, 0.29) is 0 Å². The molecule has 0 spiro atoms. The summed E-state index contributed by atoms with van der Waals surface area (Å²) in [6, 6.07) is 8.88. The Hall–Kier alpha value is -0.670. The van der Waals surface area contributed by atoms with Crippen LogP contribution in [-0.2, 0) is 0 Å². The highest BCUT2D eigenvalue weighted by molar-refractivity contribution is 7.99. The average Bonchev–Trinajstić information content (AvgIpc) is 2.54. The lowest BCUT2D eigenvalue weighted by Crippen LogP contribution is -2.22. The molecule has 0 amide bonds. The first-order valence-electron chi connectivity index (χ1n) is 5.78. The van der Waals surface area contributed by atoms with E-state index in [1.807, 2.05) is 12.1 Å². The number of rotatable bonds is 2. The summed E-state index contributed by atoms with van der Waals surface area (Å²) in [7, 11) is 1.70. The second-order valence-corrected chi connectivity index (χ2v) is 5.68. The summed E-state index contributed by atoms with van der Waals surface area (Å²) < 4.78 is 5.17. The molecule has 0 radical (unpaired) electrons. The molecule has 0 aromatic heterocycles. The van der Waals surface area contributed by atoms with Gasteiger partial charge >= 0.3 is 0 Å². The van der Waals surface area contributed by atoms with Crippen molar-refractivity contribution in [3.63, 3.8) is 0 Å². The fourth-order valence-corrected chi connectivity index (χ4v) is 3.03. The third kappa shape index (κ3) is 2.92. The fraction of sp³-hybridized carbons (Fsp3) is 0.538. The zero-order valence-electron chi connectivity index (χ0n) is 9.90. The Bertz CT molecular complexity index is 325. The largest absolute Gasteiger partial charge is 0.497 e. The van der Waals surface area contributed by atoms with Crippen molar-refractivity contribution in [2.75, 3.05) is 19.4 Å². The molecule has 1 heterocycles. The molecule has 0 bridgehead atoms. The van der Waals surface area contributed by atoms with Crippen molar-refractivity contribution < 1.29 is 4.74 Å². The molecule has 2 nitrogen and oxygen atoms in total. The Morgan fingerprint density at radius 1 is 1.31 bits per heavy atom. The van der Waals surface area contributed by atoms with Crippen LogP contribution in [0.2, 0.25) is 0 Å². The van der Waals surface area contributed by atoms with Crippen LogP contribution in [0.15, 0.2) is 24.3 Å². The summed E-state index contributed by atoms with van der Waals surface area (Å²) in [5.74, 6) is 2.09. The van der Waals surface area contributed by atoms with Gasteiger partial charge in [0.15, 0.2) is 0 Å². The fourth-order valence-electron chi connectivity index (χ4n) is 1.91. The Morgan fingerprint density at radius 2 is 2.06 bits per heavy atom. The van der Waals surface area contributed by atoms with Crippen LogP contribution in [0.3, 0.4) is 0 Å². The van der Waals surface area contributed by atoms with Gasteiger partial charge in [-0.2, -0.15) is 11.8 Å². The molecule has 0 saturated carbocycles. The lowest BCUT2D eigenvalue weighted by molar-refractivity contribution is 0.414. The van der Waals surface area contributed by atoms with Crippen LogP contribution in [0.4, 0.5) is 0 Å². The zero-order chi connectivity index (χ0) is 11.4. The van der Waals surface area contributed by atoms with Gasteiger partial charge in [0.25, 0.3) is 0 Å². The molecule has 2 rings (SSSR count). The summed E-state index contributed by atoms with van der Waals surface area (Å²) in [5.41, 5.74) is 1.36. The van der Waals surface area contributed by atoms with Crippen LogP contribution in [0.25, 0.3) is 0 Å². The van der Waals surface area contributed by atoms with Crippen molar-refractivity contribution in [2.24, 2.45) is 0 Å². The molecule has 0 aliphatic carbocycles. The van der Waals surface area contributed by atoms with Crippen molar-refractivity contribution in [2.45, 2.75) is 24.6 Å². The molecule has 1 aliphatic heterocycles. The molecule has 16 heavy (non-hydrogen) atoms. The molecule has 2 unspecified atom stereocenters. The van der Waals surface area contributed by atoms with Crippen molar-refractivity contribution in [1.29, 1.82) is 0 Å². The Balaban J connectivity index is 2.04. The second-order valence-electron chi connectivity index (χ2n) is 4.21. The smallest absolute Gasteiger partial charge is 0.118 e. The van der Waals surface area contributed by atoms with Crippen LogP contribution in [0.5, 0.6) is 5.75 Å². The first kappa shape index (κ1) is 11.8. The highest BCUT2D eigenvalue weighted by Crippen LogP contribution is 2.26. The minimum Gasteiger partial charge on any atom is -0.497 e. The first-order valence-corrected chi connectivity index (χ1v) is 6.83. The summed E-state index contributed by atoms with van der Waals surface area (Å²) in [6.45, 7) is 3.42. The maximum Gasteiger partial charge on any atom is 0.118 e. The van der Waals surface area contributed by atoms with Gasteiger partial charge < -0.3 is 10.1 Å². The lowest BCUT2D eigenvalue weighted by Gasteiger charge is -2.16. The summed E-state index contributed by atoms with van der Waals surface area (Å²) in [4.78, 5) is 0. The van der Waals surface area contributed by atoms with E-state index in [0.29, 0.717) is 6.04 Å². The molecule has 1 aromatic rings. The average molecular weight is 237 g/mol. The monoisotopic (exact) mass is 237 g/mol. The predicted molar refractivity (Wildman–Crippen MR) is 70.3 cm³/mol. The quantitative estimate of drug-likeness (QED) is 0.854. The maximum atomic E-state index is 5.17. The third-order valence-electron chi connectivity index (χ3n) is 3.01. The molecule has 1 N–H and O–H groups in total. The molecule has 2 atom stereocenters. The highest BCUT2D eigenvalue weighted by Gasteiger charge is 2.17. The number of benzene rings is 1. The SMILES string of the molecule is COc1ccc(C2CSC(C)CCN2)cc1. The van der Waals surface area contributed by atoms with Crippen LogP contribution < -0.4 is 10.1 Å². The molecule has 1 saturated heterocycles. The van der Waals surface area contributed by atoms with Crippen LogP contribution in [0, 0.1) is 0 Å². The van der Waals surface area contributed by atoms with Gasteiger partial charge in [0.05, 0.1) is 7.11 Å². The summed E-state index contributed by atoms with van der Waals surface area (Å²) in [5, 5.41) is 4.38. The van der Waals surface area contributed by atoms with Gasteiger partial charge in [-0.1, -0.05) is 19.1 Å². The van der Waals surface area contributed by atoms with E-state index >= 15 is 0 Å². The molecule has 1 fully saturated rings. The van der Waals surface area contributed by atoms with Crippen molar-refractivity contribution in [3.8, 4) is 5.75 Å². The Labute approximate surface area is 102 Å². The van der Waals surface area contributed by atoms with Crippen LogP contribution in [-0.4, -0.2) is 24.7 Å². The van der Waals surface area contributed by atoms with Gasteiger partial charge in [-0.15, -0.1) is 0 Å². The maximum absolute atomic E-state index is 5.17. The molecule has 1 aliphatic rings. The number of nitrogens with one attached hydrogen (secondary N) is 1. The number of thioether (sulfide) groups is 1. The van der Waals surface area contributed by atoms with Gasteiger partial charge in [0.1, 0.15) is 5.75 Å². The highest BCUT2D eigenvalue weighted by atomic mass is 32.2. The molecular formula is C13H19NOS. The van der Waals surface area contributed by atoms with Crippen LogP contribution >= 0.6 is 11.8 Å². The molecule has 3 heteroatoms. The minimum absolute atomic E-state index is 0.487. The van der Waals surface area contributed by atoms with E-state index in [9.17, 15) is 0 Å². The van der Waals surface area contributed by atoms with Gasteiger partial charge in [0, 0.05) is 17.0 Å². The van der Waals surface area contributed by atoms with E-state index in [1.165, 1.54) is 12.0 Å². The number of ether oxygens (including phenoxy) is 1. The Morgan fingerprint density at radius 3 is 2.75 bits per heavy atom. The van der Waals surface area contributed by atoms with Gasteiger partial charge in [-0.25, -0.2) is 0 Å². The third-order valence-corrected chi connectivity index (χ3v) is 4.34. The van der Waals surface area contributed by atoms with E-state index in [0.717, 1.165) is 23.3 Å². The predicted octanol–water partition coefficient (Wildman–Crippen LogP) is 2.85. The topological polar surface area (TPSA) is 21.3 Å².